The van der Waals surface area contributed by atoms with E-state index in [0.717, 1.165) is 36.6 Å². The fraction of sp³-hybridized carbons (Fsp3) is 0.562. The number of anilines is 1. The van der Waals surface area contributed by atoms with Gasteiger partial charge in [0.25, 0.3) is 0 Å². The second-order valence-electron chi connectivity index (χ2n) is 6.70. The lowest BCUT2D eigenvalue weighted by Gasteiger charge is -2.22. The Morgan fingerprint density at radius 2 is 2.26 bits per heavy atom. The van der Waals surface area contributed by atoms with E-state index < -0.39 is 0 Å². The van der Waals surface area contributed by atoms with Crippen molar-refractivity contribution in [1.82, 2.24) is 25.3 Å². The summed E-state index contributed by atoms with van der Waals surface area (Å²) in [6, 6.07) is 0.380. The van der Waals surface area contributed by atoms with Gasteiger partial charge in [0.1, 0.15) is 0 Å². The molecule has 2 amide bonds. The number of hydrogen-bond acceptors (Lipinski definition) is 3. The van der Waals surface area contributed by atoms with E-state index in [1.165, 1.54) is 18.4 Å². The van der Waals surface area contributed by atoms with Gasteiger partial charge in [-0.25, -0.2) is 4.79 Å². The third-order valence-corrected chi connectivity index (χ3v) is 4.94. The molecule has 23 heavy (non-hydrogen) atoms. The topological polar surface area (TPSA) is 87.6 Å². The lowest BCUT2D eigenvalue weighted by molar-refractivity contribution is 0.247. The zero-order valence-electron chi connectivity index (χ0n) is 13.2. The highest BCUT2D eigenvalue weighted by molar-refractivity contribution is 5.89. The highest BCUT2D eigenvalue weighted by Gasteiger charge is 2.29. The Labute approximate surface area is 134 Å². The monoisotopic (exact) mass is 314 g/mol. The van der Waals surface area contributed by atoms with Gasteiger partial charge in [-0.1, -0.05) is 0 Å². The van der Waals surface area contributed by atoms with Crippen molar-refractivity contribution in [3.05, 3.63) is 29.8 Å². The third kappa shape index (κ3) is 3.09. The number of nitrogens with zero attached hydrogens (tertiary/aromatic N) is 3. The van der Waals surface area contributed by atoms with Gasteiger partial charge < -0.3 is 10.6 Å². The molecule has 3 N–H and O–H groups in total. The molecule has 1 saturated carbocycles. The van der Waals surface area contributed by atoms with Gasteiger partial charge in [-0.05, 0) is 44.1 Å². The summed E-state index contributed by atoms with van der Waals surface area (Å²) in [7, 11) is 0. The first-order valence-corrected chi connectivity index (χ1v) is 8.32. The maximum Gasteiger partial charge on any atom is 0.319 e. The molecular weight excluding hydrogens is 292 g/mol. The minimum Gasteiger partial charge on any atom is -0.335 e. The minimum atomic E-state index is -0.170. The van der Waals surface area contributed by atoms with Crippen molar-refractivity contribution >= 4 is 11.7 Å². The molecule has 0 saturated heterocycles. The van der Waals surface area contributed by atoms with Crippen molar-refractivity contribution < 1.29 is 4.79 Å². The fourth-order valence-corrected chi connectivity index (χ4v) is 3.30. The second-order valence-corrected chi connectivity index (χ2v) is 6.70. The van der Waals surface area contributed by atoms with Gasteiger partial charge in [-0.15, -0.1) is 0 Å². The van der Waals surface area contributed by atoms with Gasteiger partial charge in [0.2, 0.25) is 0 Å². The van der Waals surface area contributed by atoms with Crippen LogP contribution < -0.4 is 10.6 Å². The third-order valence-electron chi connectivity index (χ3n) is 4.94. The summed E-state index contributed by atoms with van der Waals surface area (Å²) in [6.45, 7) is 2.18. The number of rotatable bonds is 4. The molecule has 2 aliphatic carbocycles. The molecule has 4 rings (SSSR count). The van der Waals surface area contributed by atoms with Gasteiger partial charge in [0.15, 0.2) is 0 Å². The summed E-state index contributed by atoms with van der Waals surface area (Å²) in [4.78, 5) is 12.2. The van der Waals surface area contributed by atoms with Crippen LogP contribution in [-0.4, -0.2) is 32.1 Å². The molecule has 0 aliphatic heterocycles. The first kappa shape index (κ1) is 14.3. The molecule has 2 aromatic rings. The van der Waals surface area contributed by atoms with E-state index in [1.807, 2.05) is 17.1 Å². The fourth-order valence-electron chi connectivity index (χ4n) is 3.30. The van der Waals surface area contributed by atoms with Crippen molar-refractivity contribution in [1.29, 1.82) is 0 Å². The van der Waals surface area contributed by atoms with Crippen LogP contribution in [0.3, 0.4) is 0 Å². The molecule has 1 fully saturated rings. The van der Waals surface area contributed by atoms with Crippen LogP contribution in [-0.2, 0) is 12.8 Å². The summed E-state index contributed by atoms with van der Waals surface area (Å²) in [5.74, 6) is 0.738. The van der Waals surface area contributed by atoms with Crippen LogP contribution in [0.2, 0.25) is 0 Å². The normalized spacial score (nSPS) is 21.5. The Morgan fingerprint density at radius 3 is 3.09 bits per heavy atom. The number of aromatic amines is 1. The molecule has 2 atom stereocenters. The largest absolute Gasteiger partial charge is 0.335 e. The van der Waals surface area contributed by atoms with Gasteiger partial charge in [-0.3, -0.25) is 9.78 Å². The Kier molecular flexibility index (Phi) is 3.55. The smallest absolute Gasteiger partial charge is 0.319 e. The molecule has 2 heterocycles. The number of hydrogen-bond donors (Lipinski definition) is 3. The molecule has 0 spiro atoms. The Balaban J connectivity index is 1.32. The average molecular weight is 314 g/mol. The molecule has 2 aromatic heterocycles. The lowest BCUT2D eigenvalue weighted by atomic mass is 9.94. The van der Waals surface area contributed by atoms with Crippen LogP contribution in [0.4, 0.5) is 10.5 Å². The molecule has 122 valence electrons. The van der Waals surface area contributed by atoms with Crippen LogP contribution in [0.25, 0.3) is 0 Å². The first-order valence-electron chi connectivity index (χ1n) is 8.32. The minimum absolute atomic E-state index is 0.142. The quantitative estimate of drug-likeness (QED) is 0.809. The van der Waals surface area contributed by atoms with Crippen molar-refractivity contribution in [3.63, 3.8) is 0 Å². The van der Waals surface area contributed by atoms with E-state index in [-0.39, 0.29) is 12.1 Å². The van der Waals surface area contributed by atoms with Crippen LogP contribution in [0, 0.1) is 5.92 Å². The average Bonchev–Trinajstić information content (AvgIpc) is 3.10. The number of fused-ring (bicyclic) bond motifs is 1. The summed E-state index contributed by atoms with van der Waals surface area (Å²) in [5.41, 5.74) is 3.14. The number of urea groups is 1. The number of carbonyl (C=O) groups excluding carboxylic acids is 1. The van der Waals surface area contributed by atoms with E-state index >= 15 is 0 Å². The van der Waals surface area contributed by atoms with Crippen LogP contribution in [0.15, 0.2) is 18.6 Å². The molecular formula is C16H22N6O. The molecule has 0 radical (unpaired) electrons. The summed E-state index contributed by atoms with van der Waals surface area (Å²) in [5, 5.41) is 17.3. The van der Waals surface area contributed by atoms with E-state index in [4.69, 9.17) is 0 Å². The van der Waals surface area contributed by atoms with Gasteiger partial charge >= 0.3 is 6.03 Å². The standard InChI is InChI=1S/C16H22N6O/c1-10(11-2-3-11)22-9-14(8-18-22)20-16(23)19-13-5-4-12-7-17-21-15(12)6-13/h7-11,13H,2-6H2,1H3,(H,17,21)(H2,19,20,23). The van der Waals surface area contributed by atoms with Crippen LogP contribution >= 0.6 is 0 Å². The SMILES string of the molecule is CC(C1CC1)n1cc(NC(=O)NC2CCc3cn[nH]c3C2)cn1. The lowest BCUT2D eigenvalue weighted by Crippen LogP contribution is -2.41. The van der Waals surface area contributed by atoms with Gasteiger partial charge in [-0.2, -0.15) is 10.2 Å². The molecule has 0 bridgehead atoms. The number of H-pyrrole nitrogens is 1. The number of aryl methyl sites for hydroxylation is 1. The van der Waals surface area contributed by atoms with Crippen molar-refractivity contribution in [2.75, 3.05) is 5.32 Å². The predicted octanol–water partition coefficient (Wildman–Crippen LogP) is 2.26. The molecule has 7 nitrogen and oxygen atoms in total. The molecule has 7 heteroatoms. The summed E-state index contributed by atoms with van der Waals surface area (Å²) < 4.78 is 1.95. The van der Waals surface area contributed by atoms with E-state index in [1.54, 1.807) is 6.20 Å². The van der Waals surface area contributed by atoms with E-state index in [0.29, 0.717) is 6.04 Å². The summed E-state index contributed by atoms with van der Waals surface area (Å²) >= 11 is 0. The zero-order valence-corrected chi connectivity index (χ0v) is 13.2. The second kappa shape index (κ2) is 5.72. The van der Waals surface area contributed by atoms with Crippen molar-refractivity contribution in [2.45, 2.75) is 51.1 Å². The number of amides is 2. The number of nitrogens with one attached hydrogen (secondary N) is 3. The Morgan fingerprint density at radius 1 is 1.39 bits per heavy atom. The number of aromatic nitrogens is 4. The van der Waals surface area contributed by atoms with Gasteiger partial charge in [0, 0.05) is 24.4 Å². The van der Waals surface area contributed by atoms with E-state index in [9.17, 15) is 4.79 Å². The highest BCUT2D eigenvalue weighted by Crippen LogP contribution is 2.39. The first-order chi connectivity index (χ1) is 11.2. The Bertz CT molecular complexity index is 701. The van der Waals surface area contributed by atoms with Gasteiger partial charge in [0.05, 0.1) is 24.1 Å². The van der Waals surface area contributed by atoms with Crippen LogP contribution in [0.5, 0.6) is 0 Å². The highest BCUT2D eigenvalue weighted by atomic mass is 16.2. The maximum absolute atomic E-state index is 12.2. The maximum atomic E-state index is 12.2. The molecule has 0 aromatic carbocycles. The van der Waals surface area contributed by atoms with Crippen molar-refractivity contribution in [3.8, 4) is 0 Å². The summed E-state index contributed by atoms with van der Waals surface area (Å²) in [6.07, 6.45) is 10.8. The zero-order chi connectivity index (χ0) is 15.8. The van der Waals surface area contributed by atoms with E-state index in [2.05, 4.69) is 32.9 Å². The number of carbonyl (C=O) groups is 1. The van der Waals surface area contributed by atoms with Crippen molar-refractivity contribution in [2.24, 2.45) is 5.92 Å². The Hall–Kier alpha value is -2.31. The van der Waals surface area contributed by atoms with Crippen LogP contribution in [0.1, 0.15) is 43.5 Å². The molecule has 2 unspecified atom stereocenters. The predicted molar refractivity (Wildman–Crippen MR) is 86.2 cm³/mol. The molecule has 2 aliphatic rings.